The van der Waals surface area contributed by atoms with Crippen LogP contribution < -0.4 is 4.90 Å². The van der Waals surface area contributed by atoms with Crippen molar-refractivity contribution in [2.24, 2.45) is 0 Å². The van der Waals surface area contributed by atoms with Gasteiger partial charge in [0.1, 0.15) is 11.2 Å². The Balaban J connectivity index is 0.950. The van der Waals surface area contributed by atoms with Gasteiger partial charge >= 0.3 is 0 Å². The van der Waals surface area contributed by atoms with Gasteiger partial charge in [-0.3, -0.25) is 0 Å². The molecule has 9 aromatic carbocycles. The fraction of sp³-hybridized carbons (Fsp3) is 0.100. The van der Waals surface area contributed by atoms with Crippen molar-refractivity contribution in [1.29, 1.82) is 0 Å². The average Bonchev–Trinajstić information content (AvgIpc) is 3.88. The van der Waals surface area contributed by atoms with Gasteiger partial charge in [0.05, 0.1) is 0 Å². The van der Waals surface area contributed by atoms with Crippen molar-refractivity contribution >= 4 is 39.0 Å². The number of furan rings is 1. The van der Waals surface area contributed by atoms with Crippen LogP contribution in [0, 0.1) is 0 Å². The first-order valence-corrected chi connectivity index (χ1v) is 21.7. The Morgan fingerprint density at radius 1 is 0.306 bits per heavy atom. The van der Waals surface area contributed by atoms with Crippen LogP contribution in [0.5, 0.6) is 0 Å². The van der Waals surface area contributed by atoms with Crippen LogP contribution in [0.25, 0.3) is 77.6 Å². The van der Waals surface area contributed by atoms with Crippen molar-refractivity contribution in [2.75, 3.05) is 4.90 Å². The zero-order chi connectivity index (χ0) is 41.7. The Labute approximate surface area is 363 Å². The number of para-hydroxylation sites is 1. The zero-order valence-corrected chi connectivity index (χ0v) is 35.4. The molecule has 12 rings (SSSR count). The third-order valence-electron chi connectivity index (χ3n) is 13.9. The van der Waals surface area contributed by atoms with Gasteiger partial charge in [0.15, 0.2) is 0 Å². The van der Waals surface area contributed by atoms with Crippen LogP contribution in [-0.4, -0.2) is 0 Å². The number of hydrogen-bond donors (Lipinski definition) is 0. The highest BCUT2D eigenvalue weighted by Gasteiger charge is 2.38. The molecule has 62 heavy (non-hydrogen) atoms. The highest BCUT2D eigenvalue weighted by atomic mass is 16.3. The third kappa shape index (κ3) is 5.56. The number of fused-ring (bicyclic) bond motifs is 9. The van der Waals surface area contributed by atoms with E-state index in [0.717, 1.165) is 44.6 Å². The fourth-order valence-corrected chi connectivity index (χ4v) is 10.5. The molecule has 2 aliphatic rings. The summed E-state index contributed by atoms with van der Waals surface area (Å²) in [6, 6.07) is 73.6. The summed E-state index contributed by atoms with van der Waals surface area (Å²) >= 11 is 0. The summed E-state index contributed by atoms with van der Waals surface area (Å²) in [5, 5.41) is 2.31. The van der Waals surface area contributed by atoms with Crippen molar-refractivity contribution in [2.45, 2.75) is 38.5 Å². The molecule has 0 radical (unpaired) electrons. The van der Waals surface area contributed by atoms with E-state index in [2.05, 4.69) is 221 Å². The predicted octanol–water partition coefficient (Wildman–Crippen LogP) is 16.7. The number of anilines is 3. The maximum Gasteiger partial charge on any atom is 0.136 e. The van der Waals surface area contributed by atoms with Gasteiger partial charge in [0, 0.05) is 38.7 Å². The van der Waals surface area contributed by atoms with Gasteiger partial charge in [0.2, 0.25) is 0 Å². The zero-order valence-electron chi connectivity index (χ0n) is 35.4. The van der Waals surface area contributed by atoms with E-state index < -0.39 is 0 Å². The fourth-order valence-electron chi connectivity index (χ4n) is 10.5. The van der Waals surface area contributed by atoms with E-state index in [1.54, 1.807) is 0 Å². The molecule has 1 aromatic heterocycles. The smallest absolute Gasteiger partial charge is 0.136 e. The quantitative estimate of drug-likeness (QED) is 0.167. The van der Waals surface area contributed by atoms with Gasteiger partial charge in [-0.05, 0) is 145 Å². The van der Waals surface area contributed by atoms with Crippen molar-refractivity contribution in [1.82, 2.24) is 0 Å². The van der Waals surface area contributed by atoms with Gasteiger partial charge in [-0.25, -0.2) is 0 Å². The first-order chi connectivity index (χ1) is 30.2. The van der Waals surface area contributed by atoms with Crippen molar-refractivity contribution in [3.05, 3.63) is 222 Å². The molecule has 2 nitrogen and oxygen atoms in total. The Kier molecular flexibility index (Phi) is 7.96. The summed E-state index contributed by atoms with van der Waals surface area (Å²) in [7, 11) is 0. The summed E-state index contributed by atoms with van der Waals surface area (Å²) in [5.74, 6) is 0. The van der Waals surface area contributed by atoms with Gasteiger partial charge in [-0.1, -0.05) is 161 Å². The average molecular weight is 796 g/mol. The predicted molar refractivity (Wildman–Crippen MR) is 260 cm³/mol. The van der Waals surface area contributed by atoms with Crippen molar-refractivity contribution in [3.63, 3.8) is 0 Å². The van der Waals surface area contributed by atoms with Crippen molar-refractivity contribution < 1.29 is 4.42 Å². The lowest BCUT2D eigenvalue weighted by Crippen LogP contribution is -2.18. The molecule has 2 aliphatic carbocycles. The largest absolute Gasteiger partial charge is 0.456 e. The number of nitrogens with zero attached hydrogens (tertiary/aromatic N) is 1. The van der Waals surface area contributed by atoms with Crippen molar-refractivity contribution in [3.8, 4) is 55.6 Å². The van der Waals surface area contributed by atoms with E-state index in [0.29, 0.717) is 0 Å². The molecule has 0 fully saturated rings. The lowest BCUT2D eigenvalue weighted by molar-refractivity contribution is 0.660. The molecule has 0 bridgehead atoms. The van der Waals surface area contributed by atoms with E-state index in [-0.39, 0.29) is 10.8 Å². The Morgan fingerprint density at radius 3 is 1.50 bits per heavy atom. The highest BCUT2D eigenvalue weighted by molar-refractivity contribution is 6.06. The molecule has 0 saturated heterocycles. The van der Waals surface area contributed by atoms with Crippen LogP contribution in [0.15, 0.2) is 205 Å². The monoisotopic (exact) mass is 795 g/mol. The molecule has 0 spiro atoms. The molecule has 0 N–H and O–H groups in total. The van der Waals surface area contributed by atoms with E-state index >= 15 is 0 Å². The topological polar surface area (TPSA) is 16.4 Å². The molecule has 10 aromatic rings. The Hall–Kier alpha value is -7.42. The molecule has 2 heteroatoms. The Bertz CT molecular complexity index is 3400. The molecular weight excluding hydrogens is 751 g/mol. The standard InChI is InChI=1S/C60H45NO/c1-59(2)53-19-10-8-17-47(53)49-31-27-45(36-55(49)59)61(44-25-21-39(22-26-44)41-16-12-15-40(33-41)38-13-6-5-7-14-38)46-28-32-50-48-29-23-42(34-54(48)60(3,4)56(50)37-46)43-24-30-52-51-18-9-11-20-57(51)62-58(52)35-43/h5-37H,1-4H3. The lowest BCUT2D eigenvalue weighted by atomic mass is 9.81. The molecular formula is C60H45NO. The van der Waals surface area contributed by atoms with Crippen LogP contribution in [0.3, 0.4) is 0 Å². The van der Waals surface area contributed by atoms with Crippen LogP contribution >= 0.6 is 0 Å². The number of benzene rings is 9. The summed E-state index contributed by atoms with van der Waals surface area (Å²) in [5.41, 5.74) is 22.8. The van der Waals surface area contributed by atoms with E-state index in [9.17, 15) is 0 Å². The summed E-state index contributed by atoms with van der Waals surface area (Å²) in [6.45, 7) is 9.49. The van der Waals surface area contributed by atoms with E-state index in [4.69, 9.17) is 4.42 Å². The Morgan fingerprint density at radius 2 is 0.774 bits per heavy atom. The minimum Gasteiger partial charge on any atom is -0.456 e. The van der Waals surface area contributed by atoms with Crippen LogP contribution in [0.4, 0.5) is 17.1 Å². The van der Waals surface area contributed by atoms with Gasteiger partial charge in [-0.2, -0.15) is 0 Å². The van der Waals surface area contributed by atoms with Gasteiger partial charge in [0.25, 0.3) is 0 Å². The van der Waals surface area contributed by atoms with Crippen LogP contribution in [0.2, 0.25) is 0 Å². The minimum absolute atomic E-state index is 0.116. The summed E-state index contributed by atoms with van der Waals surface area (Å²) in [4.78, 5) is 2.46. The lowest BCUT2D eigenvalue weighted by Gasteiger charge is -2.30. The normalized spacial score (nSPS) is 14.1. The molecule has 1 heterocycles. The molecule has 0 amide bonds. The highest BCUT2D eigenvalue weighted by Crippen LogP contribution is 2.54. The number of rotatable bonds is 6. The first kappa shape index (κ1) is 36.4. The second-order valence-electron chi connectivity index (χ2n) is 18.2. The summed E-state index contributed by atoms with van der Waals surface area (Å²) in [6.07, 6.45) is 0. The maximum atomic E-state index is 6.31. The first-order valence-electron chi connectivity index (χ1n) is 21.7. The number of hydrogen-bond acceptors (Lipinski definition) is 2. The minimum atomic E-state index is -0.221. The maximum absolute atomic E-state index is 6.31. The molecule has 0 saturated carbocycles. The molecule has 0 atom stereocenters. The second kappa shape index (κ2) is 13.5. The van der Waals surface area contributed by atoms with E-state index in [1.807, 2.05) is 12.1 Å². The second-order valence-corrected chi connectivity index (χ2v) is 18.2. The summed E-state index contributed by atoms with van der Waals surface area (Å²) < 4.78 is 6.31. The van der Waals surface area contributed by atoms with Crippen LogP contribution in [0.1, 0.15) is 49.9 Å². The molecule has 0 aliphatic heterocycles. The third-order valence-corrected chi connectivity index (χ3v) is 13.9. The SMILES string of the molecule is CC1(C)c2ccccc2-c2ccc(N(c3ccc(-c4cccc(-c5ccccc5)c4)cc3)c3ccc4c(c3)C(C)(C)c3cc(-c5ccc6c(c5)oc5ccccc56)ccc3-4)cc21. The van der Waals surface area contributed by atoms with Gasteiger partial charge in [-0.15, -0.1) is 0 Å². The van der Waals surface area contributed by atoms with Crippen LogP contribution in [-0.2, 0) is 10.8 Å². The van der Waals surface area contributed by atoms with E-state index in [1.165, 1.54) is 72.3 Å². The molecule has 0 unspecified atom stereocenters. The van der Waals surface area contributed by atoms with Gasteiger partial charge < -0.3 is 9.32 Å². The molecule has 296 valence electrons.